The van der Waals surface area contributed by atoms with Crippen LogP contribution in [0.1, 0.15) is 37.3 Å². The van der Waals surface area contributed by atoms with E-state index >= 15 is 0 Å². The van der Waals surface area contributed by atoms with Crippen LogP contribution in [0.5, 0.6) is 0 Å². The van der Waals surface area contributed by atoms with Crippen LogP contribution in [0.2, 0.25) is 0 Å². The predicted octanol–water partition coefficient (Wildman–Crippen LogP) is 1.05. The van der Waals surface area contributed by atoms with Crippen molar-refractivity contribution in [3.63, 3.8) is 0 Å². The molecule has 0 radical (unpaired) electrons. The molecule has 1 aromatic carbocycles. The van der Waals surface area contributed by atoms with E-state index in [0.717, 1.165) is 0 Å². The van der Waals surface area contributed by atoms with Gasteiger partial charge in [0.15, 0.2) is 0 Å². The number of anilines is 1. The lowest BCUT2D eigenvalue weighted by Crippen LogP contribution is -2.44. The van der Waals surface area contributed by atoms with E-state index in [1.807, 2.05) is 0 Å². The lowest BCUT2D eigenvalue weighted by molar-refractivity contribution is -0.145. The Morgan fingerprint density at radius 2 is 2.00 bits per heavy atom. The van der Waals surface area contributed by atoms with E-state index in [0.29, 0.717) is 41.5 Å². The van der Waals surface area contributed by atoms with Crippen molar-refractivity contribution in [2.24, 2.45) is 5.73 Å². The number of aliphatic carboxylic acids is 2. The summed E-state index contributed by atoms with van der Waals surface area (Å²) < 4.78 is 0. The first-order valence-corrected chi connectivity index (χ1v) is 9.18. The molecular weight excluding hydrogens is 380 g/mol. The molecule has 2 atom stereocenters. The van der Waals surface area contributed by atoms with Crippen molar-refractivity contribution in [2.75, 3.05) is 11.9 Å². The number of aromatic nitrogens is 1. The van der Waals surface area contributed by atoms with E-state index in [1.165, 1.54) is 0 Å². The molecule has 1 aliphatic rings. The summed E-state index contributed by atoms with van der Waals surface area (Å²) in [4.78, 5) is 50.7. The summed E-state index contributed by atoms with van der Waals surface area (Å²) in [7, 11) is 0. The van der Waals surface area contributed by atoms with Crippen LogP contribution < -0.4 is 11.1 Å². The van der Waals surface area contributed by atoms with Gasteiger partial charge in [-0.1, -0.05) is 6.07 Å². The Morgan fingerprint density at radius 3 is 2.66 bits per heavy atom. The molecule has 1 saturated heterocycles. The Hall–Kier alpha value is -3.40. The first-order valence-electron chi connectivity index (χ1n) is 9.18. The third-order valence-corrected chi connectivity index (χ3v) is 5.05. The van der Waals surface area contributed by atoms with Crippen LogP contribution in [-0.2, 0) is 19.2 Å². The molecule has 0 aliphatic carbocycles. The number of benzene rings is 1. The van der Waals surface area contributed by atoms with Crippen LogP contribution in [-0.4, -0.2) is 56.4 Å². The number of carbonyl (C=O) groups excluding carboxylic acids is 2. The molecule has 3 rings (SSSR count). The fraction of sp³-hybridized carbons (Fsp3) is 0.368. The lowest BCUT2D eigenvalue weighted by Gasteiger charge is -2.28. The summed E-state index contributed by atoms with van der Waals surface area (Å²) in [5.41, 5.74) is 7.02. The number of rotatable bonds is 8. The van der Waals surface area contributed by atoms with Gasteiger partial charge in [0, 0.05) is 41.3 Å². The van der Waals surface area contributed by atoms with E-state index in [4.69, 9.17) is 10.8 Å². The van der Waals surface area contributed by atoms with Gasteiger partial charge in [-0.2, -0.15) is 0 Å². The number of hydrogen-bond donors (Lipinski definition) is 5. The average molecular weight is 402 g/mol. The second kappa shape index (κ2) is 8.31. The fourth-order valence-electron chi connectivity index (χ4n) is 3.75. The number of aromatic amines is 1. The lowest BCUT2D eigenvalue weighted by atomic mass is 10.0. The Labute approximate surface area is 165 Å². The van der Waals surface area contributed by atoms with E-state index in [9.17, 15) is 24.3 Å². The van der Waals surface area contributed by atoms with Crippen molar-refractivity contribution in [3.05, 3.63) is 30.0 Å². The maximum Gasteiger partial charge on any atom is 0.325 e. The third kappa shape index (κ3) is 4.37. The van der Waals surface area contributed by atoms with Gasteiger partial charge in [0.05, 0.1) is 12.5 Å². The zero-order valence-electron chi connectivity index (χ0n) is 15.6. The van der Waals surface area contributed by atoms with Crippen molar-refractivity contribution in [1.82, 2.24) is 9.88 Å². The zero-order valence-corrected chi connectivity index (χ0v) is 15.6. The first-order chi connectivity index (χ1) is 13.8. The number of amides is 2. The van der Waals surface area contributed by atoms with Gasteiger partial charge >= 0.3 is 11.9 Å². The number of nitrogens with one attached hydrogen (secondary N) is 2. The van der Waals surface area contributed by atoms with Gasteiger partial charge < -0.3 is 26.2 Å². The number of nitrogens with zero attached hydrogens (tertiary/aromatic N) is 1. The standard InChI is InChI=1S/C19H22N4O6/c20-18(27)14-2-1-7-23(14)17(19(28)29)12-9-21-13-8-10(3-4-11(12)13)22-15(24)5-6-16(25)26/h3-4,8-9,14,17,21H,1-2,5-7H2,(H2,20,27)(H,22,24)(H,25,26)(H,28,29)/t14-,17+/m0/s1. The van der Waals surface area contributed by atoms with Crippen LogP contribution in [0.25, 0.3) is 10.9 Å². The molecule has 2 heterocycles. The molecule has 1 fully saturated rings. The van der Waals surface area contributed by atoms with Gasteiger partial charge in [-0.3, -0.25) is 24.1 Å². The van der Waals surface area contributed by atoms with Crippen molar-refractivity contribution in [2.45, 2.75) is 37.8 Å². The molecule has 0 saturated carbocycles. The largest absolute Gasteiger partial charge is 0.481 e. The number of primary amides is 1. The van der Waals surface area contributed by atoms with Crippen molar-refractivity contribution in [3.8, 4) is 0 Å². The van der Waals surface area contributed by atoms with Gasteiger partial charge in [0.1, 0.15) is 6.04 Å². The minimum Gasteiger partial charge on any atom is -0.481 e. The highest BCUT2D eigenvalue weighted by atomic mass is 16.4. The maximum atomic E-state index is 12.0. The van der Waals surface area contributed by atoms with Crippen molar-refractivity contribution in [1.29, 1.82) is 0 Å². The van der Waals surface area contributed by atoms with Crippen molar-refractivity contribution < 1.29 is 29.4 Å². The molecule has 10 nitrogen and oxygen atoms in total. The molecule has 29 heavy (non-hydrogen) atoms. The third-order valence-electron chi connectivity index (χ3n) is 5.05. The molecular formula is C19H22N4O6. The number of nitrogens with two attached hydrogens (primary N) is 1. The van der Waals surface area contributed by atoms with Crippen LogP contribution >= 0.6 is 0 Å². The van der Waals surface area contributed by atoms with Gasteiger partial charge in [0.2, 0.25) is 11.8 Å². The monoisotopic (exact) mass is 402 g/mol. The summed E-state index contributed by atoms with van der Waals surface area (Å²) in [6.45, 7) is 0.453. The van der Waals surface area contributed by atoms with E-state index in [2.05, 4.69) is 10.3 Å². The molecule has 1 aromatic heterocycles. The molecule has 1 aliphatic heterocycles. The molecule has 0 unspecified atom stereocenters. The second-order valence-corrected chi connectivity index (χ2v) is 6.99. The topological polar surface area (TPSA) is 166 Å². The predicted molar refractivity (Wildman–Crippen MR) is 103 cm³/mol. The molecule has 2 amide bonds. The summed E-state index contributed by atoms with van der Waals surface area (Å²) in [5.74, 6) is -3.10. The minimum atomic E-state index is -1.08. The molecule has 10 heteroatoms. The first kappa shape index (κ1) is 20.3. The number of carboxylic acid groups (broad SMARTS) is 2. The SMILES string of the molecule is NC(=O)[C@@H]1CCCN1[C@@H](C(=O)O)c1c[nH]c2cc(NC(=O)CCC(=O)O)ccc12. The maximum absolute atomic E-state index is 12.0. The molecule has 0 spiro atoms. The Bertz CT molecular complexity index is 969. The van der Waals surface area contributed by atoms with Crippen LogP contribution in [0.15, 0.2) is 24.4 Å². The normalized spacial score (nSPS) is 17.9. The van der Waals surface area contributed by atoms with E-state index in [1.54, 1.807) is 29.3 Å². The number of fused-ring (bicyclic) bond motifs is 1. The molecule has 6 N–H and O–H groups in total. The number of hydrogen-bond acceptors (Lipinski definition) is 5. The highest BCUT2D eigenvalue weighted by Crippen LogP contribution is 2.34. The van der Waals surface area contributed by atoms with Crippen LogP contribution in [0.4, 0.5) is 5.69 Å². The van der Waals surface area contributed by atoms with Gasteiger partial charge in [0.25, 0.3) is 0 Å². The number of likely N-dealkylation sites (tertiary alicyclic amines) is 1. The average Bonchev–Trinajstić information content (AvgIpc) is 3.28. The molecule has 154 valence electrons. The second-order valence-electron chi connectivity index (χ2n) is 6.99. The molecule has 0 bridgehead atoms. The molecule has 2 aromatic rings. The summed E-state index contributed by atoms with van der Waals surface area (Å²) in [5, 5.41) is 21.7. The van der Waals surface area contributed by atoms with E-state index < -0.39 is 35.8 Å². The number of carboxylic acids is 2. The van der Waals surface area contributed by atoms with Crippen molar-refractivity contribution >= 4 is 40.3 Å². The Kier molecular flexibility index (Phi) is 5.83. The highest BCUT2D eigenvalue weighted by Gasteiger charge is 2.39. The Balaban J connectivity index is 1.86. The van der Waals surface area contributed by atoms with Gasteiger partial charge in [-0.05, 0) is 25.0 Å². The quantitative estimate of drug-likeness (QED) is 0.440. The van der Waals surface area contributed by atoms with Crippen LogP contribution in [0, 0.1) is 0 Å². The summed E-state index contributed by atoms with van der Waals surface area (Å²) >= 11 is 0. The number of carbonyl (C=O) groups is 4. The minimum absolute atomic E-state index is 0.145. The van der Waals surface area contributed by atoms with Gasteiger partial charge in [-0.25, -0.2) is 0 Å². The smallest absolute Gasteiger partial charge is 0.325 e. The summed E-state index contributed by atoms with van der Waals surface area (Å²) in [6, 6.07) is 3.28. The Morgan fingerprint density at radius 1 is 1.24 bits per heavy atom. The van der Waals surface area contributed by atoms with Gasteiger partial charge in [-0.15, -0.1) is 0 Å². The van der Waals surface area contributed by atoms with Crippen LogP contribution in [0.3, 0.4) is 0 Å². The zero-order chi connectivity index (χ0) is 21.1. The van der Waals surface area contributed by atoms with E-state index in [-0.39, 0.29) is 12.8 Å². The highest BCUT2D eigenvalue weighted by molar-refractivity contribution is 5.96. The fourth-order valence-corrected chi connectivity index (χ4v) is 3.75. The number of H-pyrrole nitrogens is 1. The summed E-state index contributed by atoms with van der Waals surface area (Å²) in [6.07, 6.45) is 2.38.